The Balaban J connectivity index is 1.63. The number of rotatable bonds is 9. The van der Waals surface area contributed by atoms with Crippen LogP contribution in [0.4, 0.5) is 5.69 Å². The van der Waals surface area contributed by atoms with Crippen LogP contribution < -0.4 is 24.8 Å². The van der Waals surface area contributed by atoms with Crippen LogP contribution in [0.1, 0.15) is 48.4 Å². The first-order chi connectivity index (χ1) is 15.3. The van der Waals surface area contributed by atoms with Crippen molar-refractivity contribution in [3.05, 3.63) is 47.5 Å². The third kappa shape index (κ3) is 5.50. The lowest BCUT2D eigenvalue weighted by atomic mass is 10.1. The number of benzene rings is 2. The zero-order valence-corrected chi connectivity index (χ0v) is 19.2. The summed E-state index contributed by atoms with van der Waals surface area (Å²) >= 11 is 0. The molecule has 0 unspecified atom stereocenters. The molecule has 0 bridgehead atoms. The van der Waals surface area contributed by atoms with Crippen molar-refractivity contribution < 1.29 is 23.8 Å². The van der Waals surface area contributed by atoms with Crippen molar-refractivity contribution in [3.63, 3.8) is 0 Å². The van der Waals surface area contributed by atoms with Crippen molar-refractivity contribution >= 4 is 17.5 Å². The number of methoxy groups -OCH3 is 1. The summed E-state index contributed by atoms with van der Waals surface area (Å²) in [6, 6.07) is 10.7. The van der Waals surface area contributed by atoms with Crippen LogP contribution in [0.15, 0.2) is 36.4 Å². The second-order valence-electron chi connectivity index (χ2n) is 8.12. The van der Waals surface area contributed by atoms with E-state index in [9.17, 15) is 9.59 Å². The minimum atomic E-state index is -0.301. The van der Waals surface area contributed by atoms with Crippen LogP contribution in [0.3, 0.4) is 0 Å². The van der Waals surface area contributed by atoms with E-state index in [1.165, 1.54) is 7.11 Å². The van der Waals surface area contributed by atoms with Crippen LogP contribution in [0, 0.1) is 0 Å². The largest absolute Gasteiger partial charge is 0.496 e. The molecule has 32 heavy (non-hydrogen) atoms. The quantitative estimate of drug-likeness (QED) is 0.619. The first-order valence-electron chi connectivity index (χ1n) is 10.7. The molecule has 0 atom stereocenters. The zero-order valence-electron chi connectivity index (χ0n) is 19.2. The van der Waals surface area contributed by atoms with Crippen LogP contribution in [-0.2, 0) is 0 Å². The number of nitrogens with zero attached hydrogens (tertiary/aromatic N) is 1. The molecule has 2 aromatic carbocycles. The minimum Gasteiger partial charge on any atom is -0.496 e. The Kier molecular flexibility index (Phi) is 7.58. The molecule has 2 aromatic rings. The molecule has 0 aliphatic carbocycles. The van der Waals surface area contributed by atoms with Crippen molar-refractivity contribution in [1.82, 2.24) is 10.2 Å². The van der Waals surface area contributed by atoms with Crippen molar-refractivity contribution in [1.29, 1.82) is 0 Å². The Hall–Kier alpha value is -3.26. The average Bonchev–Trinajstić information content (AvgIpc) is 3.23. The molecule has 0 fully saturated rings. The third-order valence-corrected chi connectivity index (χ3v) is 5.32. The molecule has 8 heteroatoms. The molecule has 3 rings (SSSR count). The summed E-state index contributed by atoms with van der Waals surface area (Å²) in [5.41, 5.74) is 1.37. The molecule has 1 aliphatic heterocycles. The number of anilines is 1. The van der Waals surface area contributed by atoms with Gasteiger partial charge < -0.3 is 24.8 Å². The maximum atomic E-state index is 12.7. The smallest absolute Gasteiger partial charge is 0.255 e. The number of nitrogens with one attached hydrogen (secondary N) is 2. The van der Waals surface area contributed by atoms with Crippen LogP contribution in [0.25, 0.3) is 0 Å². The Morgan fingerprint density at radius 2 is 1.72 bits per heavy atom. The number of hydrogen-bond acceptors (Lipinski definition) is 6. The van der Waals surface area contributed by atoms with Gasteiger partial charge in [0.05, 0.1) is 12.7 Å². The summed E-state index contributed by atoms with van der Waals surface area (Å²) in [5, 5.41) is 5.77. The summed E-state index contributed by atoms with van der Waals surface area (Å²) < 4.78 is 16.0. The molecule has 0 radical (unpaired) electrons. The third-order valence-electron chi connectivity index (χ3n) is 5.32. The highest BCUT2D eigenvalue weighted by atomic mass is 16.7. The van der Waals surface area contributed by atoms with Gasteiger partial charge in [-0.2, -0.15) is 0 Å². The van der Waals surface area contributed by atoms with E-state index in [1.807, 2.05) is 0 Å². The first-order valence-corrected chi connectivity index (χ1v) is 10.7. The monoisotopic (exact) mass is 441 g/mol. The van der Waals surface area contributed by atoms with Gasteiger partial charge in [-0.15, -0.1) is 0 Å². The van der Waals surface area contributed by atoms with Crippen LogP contribution in [0.5, 0.6) is 17.2 Å². The van der Waals surface area contributed by atoms with Gasteiger partial charge in [-0.05, 0) is 58.0 Å². The average molecular weight is 442 g/mol. The Morgan fingerprint density at radius 3 is 2.41 bits per heavy atom. The Morgan fingerprint density at radius 1 is 1.00 bits per heavy atom. The fourth-order valence-electron chi connectivity index (χ4n) is 3.70. The molecule has 1 heterocycles. The van der Waals surface area contributed by atoms with Crippen molar-refractivity contribution in [3.8, 4) is 17.2 Å². The van der Waals surface area contributed by atoms with Crippen LogP contribution in [0.2, 0.25) is 0 Å². The molecule has 0 saturated heterocycles. The normalized spacial score (nSPS) is 12.4. The topological polar surface area (TPSA) is 89.1 Å². The molecular formula is C24H31N3O5. The summed E-state index contributed by atoms with van der Waals surface area (Å²) in [6.07, 6.45) is 0. The number of amides is 2. The van der Waals surface area contributed by atoms with Gasteiger partial charge in [0, 0.05) is 42.5 Å². The van der Waals surface area contributed by atoms with Gasteiger partial charge in [0.25, 0.3) is 11.8 Å². The van der Waals surface area contributed by atoms with Crippen LogP contribution in [-0.4, -0.2) is 55.8 Å². The number of carbonyl (C=O) groups is 2. The van der Waals surface area contributed by atoms with E-state index in [1.54, 1.807) is 36.4 Å². The van der Waals surface area contributed by atoms with Gasteiger partial charge in [0.15, 0.2) is 11.5 Å². The maximum absolute atomic E-state index is 12.7. The lowest BCUT2D eigenvalue weighted by molar-refractivity contribution is 0.0936. The Labute approximate surface area is 188 Å². The fraction of sp³-hybridized carbons (Fsp3) is 0.417. The Bertz CT molecular complexity index is 966. The standard InChI is InChI=1S/C24H31N3O5/c1-15(2)27(16(3)4)11-10-25-24(29)19-8-7-18(13-21(19)30-5)26-23(28)17-6-9-20-22(12-17)32-14-31-20/h6-9,12-13,15-16H,10-11,14H2,1-5H3,(H,25,29)(H,26,28). The molecule has 2 amide bonds. The van der Waals surface area contributed by atoms with E-state index < -0.39 is 0 Å². The van der Waals surface area contributed by atoms with Crippen LogP contribution >= 0.6 is 0 Å². The van der Waals surface area contributed by atoms with Crippen molar-refractivity contribution in [2.75, 3.05) is 32.3 Å². The predicted molar refractivity (Wildman–Crippen MR) is 123 cm³/mol. The van der Waals surface area contributed by atoms with E-state index in [-0.39, 0.29) is 18.6 Å². The summed E-state index contributed by atoms with van der Waals surface area (Å²) in [5.74, 6) is 1.02. The summed E-state index contributed by atoms with van der Waals surface area (Å²) in [7, 11) is 1.49. The number of hydrogen-bond donors (Lipinski definition) is 2. The highest BCUT2D eigenvalue weighted by Crippen LogP contribution is 2.33. The SMILES string of the molecule is COc1cc(NC(=O)c2ccc3c(c2)OCO3)ccc1C(=O)NCCN(C(C)C)C(C)C. The molecule has 0 spiro atoms. The van der Waals surface area contributed by atoms with Gasteiger partial charge in [-0.25, -0.2) is 0 Å². The number of ether oxygens (including phenoxy) is 3. The lowest BCUT2D eigenvalue weighted by Gasteiger charge is -2.30. The molecule has 0 saturated carbocycles. The highest BCUT2D eigenvalue weighted by molar-refractivity contribution is 6.05. The predicted octanol–water partition coefficient (Wildman–Crippen LogP) is 3.52. The van der Waals surface area contributed by atoms with Crippen molar-refractivity contribution in [2.45, 2.75) is 39.8 Å². The summed E-state index contributed by atoms with van der Waals surface area (Å²) in [6.45, 7) is 9.99. The molecule has 172 valence electrons. The second kappa shape index (κ2) is 10.4. The van der Waals surface area contributed by atoms with Gasteiger partial charge in [-0.3, -0.25) is 14.5 Å². The van der Waals surface area contributed by atoms with E-state index in [0.717, 1.165) is 6.54 Å². The first kappa shape index (κ1) is 23.4. The van der Waals surface area contributed by atoms with E-state index in [2.05, 4.69) is 43.2 Å². The minimum absolute atomic E-state index is 0.147. The van der Waals surface area contributed by atoms with Gasteiger partial charge in [0.2, 0.25) is 6.79 Å². The number of carbonyl (C=O) groups excluding carboxylic acids is 2. The van der Waals surface area contributed by atoms with Gasteiger partial charge >= 0.3 is 0 Å². The van der Waals surface area contributed by atoms with Gasteiger partial charge in [0.1, 0.15) is 5.75 Å². The lowest BCUT2D eigenvalue weighted by Crippen LogP contribution is -2.42. The van der Waals surface area contributed by atoms with E-state index >= 15 is 0 Å². The van der Waals surface area contributed by atoms with E-state index in [4.69, 9.17) is 14.2 Å². The highest BCUT2D eigenvalue weighted by Gasteiger charge is 2.18. The second-order valence-corrected chi connectivity index (χ2v) is 8.12. The summed E-state index contributed by atoms with van der Waals surface area (Å²) in [4.78, 5) is 27.6. The fourth-order valence-corrected chi connectivity index (χ4v) is 3.70. The van der Waals surface area contributed by atoms with Crippen molar-refractivity contribution in [2.24, 2.45) is 0 Å². The zero-order chi connectivity index (χ0) is 23.3. The maximum Gasteiger partial charge on any atom is 0.255 e. The molecule has 1 aliphatic rings. The molecular weight excluding hydrogens is 410 g/mol. The molecule has 2 N–H and O–H groups in total. The van der Waals surface area contributed by atoms with E-state index in [0.29, 0.717) is 52.7 Å². The van der Waals surface area contributed by atoms with Gasteiger partial charge in [-0.1, -0.05) is 0 Å². The molecule has 0 aromatic heterocycles. The molecule has 8 nitrogen and oxygen atoms in total. The number of fused-ring (bicyclic) bond motifs is 1.